The smallest absolute Gasteiger partial charge is 0.330 e. The van der Waals surface area contributed by atoms with E-state index in [9.17, 15) is 19.8 Å². The van der Waals surface area contributed by atoms with Gasteiger partial charge in [0.15, 0.2) is 11.5 Å². The van der Waals surface area contributed by atoms with E-state index in [0.29, 0.717) is 18.6 Å². The first kappa shape index (κ1) is 21.9. The number of aliphatic hydroxyl groups is 1. The maximum Gasteiger partial charge on any atom is 0.330 e. The fraction of sp³-hybridized carbons (Fsp3) is 0.615. The molecule has 5 aliphatic rings. The van der Waals surface area contributed by atoms with Gasteiger partial charge in [0, 0.05) is 37.3 Å². The molecule has 1 saturated heterocycles. The Hall–Kier alpha value is -2.58. The second-order valence-corrected chi connectivity index (χ2v) is 10.7. The van der Waals surface area contributed by atoms with E-state index < -0.39 is 23.1 Å². The Morgan fingerprint density at radius 1 is 1.26 bits per heavy atom. The van der Waals surface area contributed by atoms with Gasteiger partial charge in [-0.15, -0.1) is 0 Å². The van der Waals surface area contributed by atoms with E-state index in [1.807, 2.05) is 6.07 Å². The molecule has 2 N–H and O–H groups in total. The van der Waals surface area contributed by atoms with Gasteiger partial charge >= 0.3 is 5.97 Å². The molecule has 0 radical (unpaired) electrons. The Kier molecular flexibility index (Phi) is 4.81. The zero-order valence-corrected chi connectivity index (χ0v) is 19.7. The molecular weight excluding hydrogens is 436 g/mol. The highest BCUT2D eigenvalue weighted by Gasteiger charge is 2.73. The van der Waals surface area contributed by atoms with Crippen LogP contribution in [0.15, 0.2) is 24.3 Å². The molecule has 182 valence electrons. The molecule has 2 bridgehead atoms. The number of esters is 1. The van der Waals surface area contributed by atoms with Gasteiger partial charge in [0.2, 0.25) is 5.91 Å². The van der Waals surface area contributed by atoms with Crippen LogP contribution in [0, 0.1) is 5.92 Å². The molecule has 2 aliphatic heterocycles. The number of hydrogen-bond acceptors (Lipinski definition) is 7. The SMILES string of the molecule is COC(=O)/C=C/C(=O)N(C)C1CCC2(O)[C@H]3Cc4ccc(O)c5c4[C@@]2(CCN3CC2CC2)C1O5. The number of likely N-dealkylation sites (N-methyl/N-ethyl adjacent to an activating group) is 1. The number of likely N-dealkylation sites (tertiary alicyclic amines) is 1. The molecule has 6 rings (SSSR count). The number of phenolic OH excluding ortho intramolecular Hbond substituents is 1. The molecule has 0 aromatic heterocycles. The third-order valence-corrected chi connectivity index (χ3v) is 9.14. The van der Waals surface area contributed by atoms with Crippen LogP contribution in [-0.2, 0) is 26.2 Å². The maximum atomic E-state index is 12.9. The average Bonchev–Trinajstić information content (AvgIpc) is 3.57. The first-order valence-corrected chi connectivity index (χ1v) is 12.3. The summed E-state index contributed by atoms with van der Waals surface area (Å²) < 4.78 is 11.1. The lowest BCUT2D eigenvalue weighted by atomic mass is 9.48. The summed E-state index contributed by atoms with van der Waals surface area (Å²) in [6.07, 6.45) is 6.99. The first-order chi connectivity index (χ1) is 16.3. The Labute approximate surface area is 199 Å². The molecule has 8 nitrogen and oxygen atoms in total. The Bertz CT molecular complexity index is 1080. The number of phenols is 1. The van der Waals surface area contributed by atoms with E-state index >= 15 is 0 Å². The quantitative estimate of drug-likeness (QED) is 0.499. The van der Waals surface area contributed by atoms with Gasteiger partial charge in [0.1, 0.15) is 6.10 Å². The molecule has 8 heteroatoms. The zero-order valence-electron chi connectivity index (χ0n) is 19.7. The van der Waals surface area contributed by atoms with Crippen LogP contribution < -0.4 is 4.74 Å². The van der Waals surface area contributed by atoms with Crippen LogP contribution in [0.1, 0.15) is 43.2 Å². The number of carbonyl (C=O) groups excluding carboxylic acids is 2. The van der Waals surface area contributed by atoms with Crippen molar-refractivity contribution in [1.29, 1.82) is 0 Å². The number of carbonyl (C=O) groups is 2. The number of aromatic hydroxyl groups is 1. The number of hydrogen-bond donors (Lipinski definition) is 2. The van der Waals surface area contributed by atoms with E-state index in [-0.39, 0.29) is 23.7 Å². The highest BCUT2D eigenvalue weighted by Crippen LogP contribution is 2.66. The second kappa shape index (κ2) is 7.46. The van der Waals surface area contributed by atoms with Gasteiger partial charge in [-0.05, 0) is 62.6 Å². The minimum atomic E-state index is -0.987. The number of amides is 1. The number of rotatable bonds is 5. The summed E-state index contributed by atoms with van der Waals surface area (Å²) in [6, 6.07) is 3.36. The molecular formula is C26H32N2O6. The molecule has 3 unspecified atom stereocenters. The molecule has 5 atom stereocenters. The minimum Gasteiger partial charge on any atom is -0.504 e. The van der Waals surface area contributed by atoms with E-state index in [1.165, 1.54) is 26.0 Å². The van der Waals surface area contributed by atoms with E-state index in [0.717, 1.165) is 49.1 Å². The zero-order chi connectivity index (χ0) is 23.8. The molecule has 3 aliphatic carbocycles. The van der Waals surface area contributed by atoms with Crippen molar-refractivity contribution in [2.24, 2.45) is 5.92 Å². The van der Waals surface area contributed by atoms with Crippen LogP contribution in [-0.4, -0.2) is 82.9 Å². The van der Waals surface area contributed by atoms with Gasteiger partial charge < -0.3 is 24.6 Å². The Morgan fingerprint density at radius 2 is 2.06 bits per heavy atom. The van der Waals surface area contributed by atoms with Crippen molar-refractivity contribution in [3.63, 3.8) is 0 Å². The standard InChI is InChI=1S/C26H32N2O6/c1-27(20(30)7-8-21(31)33-2)17-9-10-26(32)19-13-16-5-6-18(29)23-22(16)25(26,24(17)34-23)11-12-28(19)14-15-3-4-15/h5-8,15,17,19,24,29,32H,3-4,9-14H2,1-2H3/b8-7+/t17?,19-,24?,25+,26?/m1/s1. The second-order valence-electron chi connectivity index (χ2n) is 10.7. The van der Waals surface area contributed by atoms with Crippen LogP contribution in [0.3, 0.4) is 0 Å². The maximum absolute atomic E-state index is 12.9. The number of benzene rings is 1. The van der Waals surface area contributed by atoms with E-state index in [2.05, 4.69) is 9.64 Å². The lowest BCUT2D eigenvalue weighted by molar-refractivity contribution is -0.200. The molecule has 2 saturated carbocycles. The topological polar surface area (TPSA) is 99.5 Å². The Balaban J connectivity index is 1.41. The van der Waals surface area contributed by atoms with Crippen molar-refractivity contribution < 1.29 is 29.3 Å². The number of ether oxygens (including phenoxy) is 2. The summed E-state index contributed by atoms with van der Waals surface area (Å²) in [5, 5.41) is 23.2. The third-order valence-electron chi connectivity index (χ3n) is 9.14. The van der Waals surface area contributed by atoms with E-state index in [1.54, 1.807) is 18.0 Å². The summed E-state index contributed by atoms with van der Waals surface area (Å²) in [5.41, 5.74) is 0.408. The largest absolute Gasteiger partial charge is 0.504 e. The van der Waals surface area contributed by atoms with Crippen LogP contribution >= 0.6 is 0 Å². The van der Waals surface area contributed by atoms with Crippen molar-refractivity contribution in [2.75, 3.05) is 27.2 Å². The highest BCUT2D eigenvalue weighted by molar-refractivity contribution is 5.94. The van der Waals surface area contributed by atoms with Crippen molar-refractivity contribution in [2.45, 2.75) is 67.7 Å². The molecule has 1 aromatic rings. The van der Waals surface area contributed by atoms with Crippen molar-refractivity contribution in [1.82, 2.24) is 9.80 Å². The van der Waals surface area contributed by atoms with Crippen LogP contribution in [0.2, 0.25) is 0 Å². The van der Waals surface area contributed by atoms with Gasteiger partial charge in [-0.2, -0.15) is 0 Å². The minimum absolute atomic E-state index is 0.00267. The van der Waals surface area contributed by atoms with Crippen LogP contribution in [0.25, 0.3) is 0 Å². The lowest BCUT2D eigenvalue weighted by Crippen LogP contribution is -2.78. The lowest BCUT2D eigenvalue weighted by Gasteiger charge is -2.64. The van der Waals surface area contributed by atoms with Gasteiger partial charge in [-0.1, -0.05) is 6.07 Å². The Morgan fingerprint density at radius 3 is 2.79 bits per heavy atom. The fourth-order valence-electron chi connectivity index (χ4n) is 7.34. The van der Waals surface area contributed by atoms with Crippen LogP contribution in [0.5, 0.6) is 11.5 Å². The molecule has 1 spiro atoms. The summed E-state index contributed by atoms with van der Waals surface area (Å²) in [5.74, 6) is 0.372. The molecule has 34 heavy (non-hydrogen) atoms. The molecule has 3 fully saturated rings. The summed E-state index contributed by atoms with van der Waals surface area (Å²) in [6.45, 7) is 1.89. The number of methoxy groups -OCH3 is 1. The fourth-order valence-corrected chi connectivity index (χ4v) is 7.34. The van der Waals surface area contributed by atoms with Gasteiger partial charge in [0.05, 0.1) is 24.2 Å². The predicted octanol–water partition coefficient (Wildman–Crippen LogP) is 1.51. The summed E-state index contributed by atoms with van der Waals surface area (Å²) >= 11 is 0. The van der Waals surface area contributed by atoms with Gasteiger partial charge in [0.25, 0.3) is 0 Å². The monoisotopic (exact) mass is 468 g/mol. The number of nitrogens with zero attached hydrogens (tertiary/aromatic N) is 2. The van der Waals surface area contributed by atoms with Crippen molar-refractivity contribution in [3.05, 3.63) is 35.4 Å². The third kappa shape index (κ3) is 2.84. The summed E-state index contributed by atoms with van der Waals surface area (Å²) in [4.78, 5) is 28.5. The van der Waals surface area contributed by atoms with Crippen molar-refractivity contribution >= 4 is 11.9 Å². The van der Waals surface area contributed by atoms with Gasteiger partial charge in [-0.25, -0.2) is 4.79 Å². The van der Waals surface area contributed by atoms with Crippen LogP contribution in [0.4, 0.5) is 0 Å². The van der Waals surface area contributed by atoms with Crippen molar-refractivity contribution in [3.8, 4) is 11.5 Å². The predicted molar refractivity (Wildman–Crippen MR) is 123 cm³/mol. The van der Waals surface area contributed by atoms with Gasteiger partial charge in [-0.3, -0.25) is 9.69 Å². The number of piperidine rings is 1. The first-order valence-electron chi connectivity index (χ1n) is 12.3. The average molecular weight is 469 g/mol. The normalized spacial score (nSPS) is 35.6. The molecule has 2 heterocycles. The summed E-state index contributed by atoms with van der Waals surface area (Å²) in [7, 11) is 2.98. The highest BCUT2D eigenvalue weighted by atomic mass is 16.5. The molecule has 1 amide bonds. The van der Waals surface area contributed by atoms with E-state index in [4.69, 9.17) is 4.74 Å². The molecule has 1 aromatic carbocycles.